The van der Waals surface area contributed by atoms with Gasteiger partial charge in [0.25, 0.3) is 9.84 Å². The Bertz CT molecular complexity index is 571. The monoisotopic (exact) mass is 343 g/mol. The third kappa shape index (κ3) is 4.04. The molecule has 1 rings (SSSR count). The van der Waals surface area contributed by atoms with E-state index in [1.807, 2.05) is 0 Å². The van der Waals surface area contributed by atoms with E-state index in [-0.39, 0.29) is 17.5 Å². The van der Waals surface area contributed by atoms with Crippen molar-refractivity contribution in [3.05, 3.63) is 24.3 Å². The summed E-state index contributed by atoms with van der Waals surface area (Å²) in [5.74, 6) is 0. The second-order valence-electron chi connectivity index (χ2n) is 4.34. The minimum absolute atomic E-state index is 0.130. The maximum absolute atomic E-state index is 12.7. The number of aliphatic hydroxyl groups is 1. The fourth-order valence-electron chi connectivity index (χ4n) is 1.72. The SMILES string of the molecule is CSC(CO)C(C)Nc1ccccc1S(=O)(=O)C(F)(F)F. The average Bonchev–Trinajstić information content (AvgIpc) is 2.39. The lowest BCUT2D eigenvalue weighted by Crippen LogP contribution is -2.32. The van der Waals surface area contributed by atoms with Gasteiger partial charge in [-0.05, 0) is 25.3 Å². The molecule has 2 unspecified atom stereocenters. The maximum atomic E-state index is 12.7. The van der Waals surface area contributed by atoms with E-state index >= 15 is 0 Å². The molecule has 0 amide bonds. The van der Waals surface area contributed by atoms with Crippen molar-refractivity contribution < 1.29 is 26.7 Å². The highest BCUT2D eigenvalue weighted by molar-refractivity contribution is 7.99. The van der Waals surface area contributed by atoms with E-state index in [0.29, 0.717) is 0 Å². The number of alkyl halides is 3. The first-order valence-electron chi connectivity index (χ1n) is 5.95. The van der Waals surface area contributed by atoms with Gasteiger partial charge in [-0.2, -0.15) is 24.9 Å². The lowest BCUT2D eigenvalue weighted by molar-refractivity contribution is -0.0435. The highest BCUT2D eigenvalue weighted by atomic mass is 32.2. The van der Waals surface area contributed by atoms with Crippen LogP contribution in [0.3, 0.4) is 0 Å². The number of sulfone groups is 1. The molecule has 0 saturated heterocycles. The largest absolute Gasteiger partial charge is 0.501 e. The minimum atomic E-state index is -5.42. The molecule has 0 heterocycles. The number of nitrogens with one attached hydrogen (secondary N) is 1. The lowest BCUT2D eigenvalue weighted by Gasteiger charge is -2.24. The van der Waals surface area contributed by atoms with Crippen LogP contribution in [-0.4, -0.2) is 43.2 Å². The smallest absolute Gasteiger partial charge is 0.395 e. The van der Waals surface area contributed by atoms with E-state index in [1.165, 1.54) is 30.0 Å². The van der Waals surface area contributed by atoms with Crippen LogP contribution in [0.4, 0.5) is 18.9 Å². The Balaban J connectivity index is 3.18. The van der Waals surface area contributed by atoms with Crippen molar-refractivity contribution in [2.24, 2.45) is 0 Å². The Hall–Kier alpha value is -0.930. The molecule has 0 saturated carbocycles. The van der Waals surface area contributed by atoms with Crippen molar-refractivity contribution in [1.29, 1.82) is 0 Å². The van der Waals surface area contributed by atoms with E-state index in [0.717, 1.165) is 6.07 Å². The molecule has 0 aromatic heterocycles. The second-order valence-corrected chi connectivity index (χ2v) is 7.32. The molecule has 0 aliphatic carbocycles. The van der Waals surface area contributed by atoms with Crippen LogP contribution in [0.1, 0.15) is 6.92 Å². The van der Waals surface area contributed by atoms with E-state index in [4.69, 9.17) is 0 Å². The number of hydrogen-bond acceptors (Lipinski definition) is 5. The van der Waals surface area contributed by atoms with E-state index < -0.39 is 26.3 Å². The Morgan fingerprint density at radius 2 is 1.90 bits per heavy atom. The highest BCUT2D eigenvalue weighted by Crippen LogP contribution is 2.34. The summed E-state index contributed by atoms with van der Waals surface area (Å²) in [6.45, 7) is 1.48. The van der Waals surface area contributed by atoms with Gasteiger partial charge >= 0.3 is 5.51 Å². The number of halogens is 3. The number of thioether (sulfide) groups is 1. The van der Waals surface area contributed by atoms with Gasteiger partial charge in [-0.1, -0.05) is 12.1 Å². The Labute approximate surface area is 125 Å². The summed E-state index contributed by atoms with van der Waals surface area (Å²) < 4.78 is 61.1. The summed E-state index contributed by atoms with van der Waals surface area (Å²) in [4.78, 5) is -0.817. The molecule has 1 aromatic carbocycles. The third-order valence-electron chi connectivity index (χ3n) is 2.90. The van der Waals surface area contributed by atoms with Crippen molar-refractivity contribution in [3.8, 4) is 0 Å². The van der Waals surface area contributed by atoms with Gasteiger partial charge in [0.15, 0.2) is 0 Å². The van der Waals surface area contributed by atoms with Crippen molar-refractivity contribution in [2.45, 2.75) is 28.6 Å². The van der Waals surface area contributed by atoms with E-state index in [1.54, 1.807) is 13.2 Å². The zero-order valence-electron chi connectivity index (χ0n) is 11.4. The van der Waals surface area contributed by atoms with Gasteiger partial charge < -0.3 is 10.4 Å². The molecule has 0 fully saturated rings. The predicted molar refractivity (Wildman–Crippen MR) is 77.2 cm³/mol. The quantitative estimate of drug-likeness (QED) is 0.831. The average molecular weight is 343 g/mol. The predicted octanol–water partition coefficient (Wildman–Crippen LogP) is 2.50. The lowest BCUT2D eigenvalue weighted by atomic mass is 10.2. The Morgan fingerprint density at radius 1 is 1.33 bits per heavy atom. The van der Waals surface area contributed by atoms with E-state index in [2.05, 4.69) is 5.32 Å². The van der Waals surface area contributed by atoms with Crippen molar-refractivity contribution in [2.75, 3.05) is 18.2 Å². The summed E-state index contributed by atoms with van der Waals surface area (Å²) in [7, 11) is -5.42. The molecular weight excluding hydrogens is 327 g/mol. The molecule has 0 aliphatic heterocycles. The van der Waals surface area contributed by atoms with Gasteiger partial charge in [0, 0.05) is 11.3 Å². The fraction of sp³-hybridized carbons (Fsp3) is 0.500. The van der Waals surface area contributed by atoms with Gasteiger partial charge in [-0.25, -0.2) is 8.42 Å². The Kier molecular flexibility index (Phi) is 5.94. The van der Waals surface area contributed by atoms with Crippen LogP contribution in [0.15, 0.2) is 29.2 Å². The number of aliphatic hydroxyl groups excluding tert-OH is 1. The number of rotatable bonds is 6. The minimum Gasteiger partial charge on any atom is -0.395 e. The first-order chi connectivity index (χ1) is 9.65. The molecular formula is C12H16F3NO3S2. The van der Waals surface area contributed by atoms with Crippen molar-refractivity contribution in [1.82, 2.24) is 0 Å². The first kappa shape index (κ1) is 18.1. The molecule has 120 valence electrons. The highest BCUT2D eigenvalue weighted by Gasteiger charge is 2.48. The van der Waals surface area contributed by atoms with Gasteiger partial charge in [-0.3, -0.25) is 0 Å². The summed E-state index contributed by atoms with van der Waals surface area (Å²) >= 11 is 1.33. The van der Waals surface area contributed by atoms with Crippen LogP contribution in [0.2, 0.25) is 0 Å². The topological polar surface area (TPSA) is 66.4 Å². The molecule has 0 bridgehead atoms. The van der Waals surface area contributed by atoms with Crippen LogP contribution in [0.25, 0.3) is 0 Å². The zero-order valence-corrected chi connectivity index (χ0v) is 13.0. The number of para-hydroxylation sites is 1. The van der Waals surface area contributed by atoms with Crippen LogP contribution in [0.5, 0.6) is 0 Å². The van der Waals surface area contributed by atoms with Crippen molar-refractivity contribution in [3.63, 3.8) is 0 Å². The van der Waals surface area contributed by atoms with Crippen LogP contribution < -0.4 is 5.32 Å². The van der Waals surface area contributed by atoms with Gasteiger partial charge in [-0.15, -0.1) is 0 Å². The zero-order chi connectivity index (χ0) is 16.3. The molecule has 0 radical (unpaired) electrons. The van der Waals surface area contributed by atoms with Crippen LogP contribution >= 0.6 is 11.8 Å². The van der Waals surface area contributed by atoms with Crippen molar-refractivity contribution >= 4 is 27.3 Å². The molecule has 2 N–H and O–H groups in total. The summed E-state index contributed by atoms with van der Waals surface area (Å²) in [6.07, 6.45) is 1.75. The number of benzene rings is 1. The number of anilines is 1. The van der Waals surface area contributed by atoms with Crippen LogP contribution in [0, 0.1) is 0 Å². The summed E-state index contributed by atoms with van der Waals surface area (Å²) in [5.41, 5.74) is -5.49. The molecule has 1 aromatic rings. The van der Waals surface area contributed by atoms with Crippen LogP contribution in [-0.2, 0) is 9.84 Å². The first-order valence-corrected chi connectivity index (χ1v) is 8.72. The summed E-state index contributed by atoms with van der Waals surface area (Å²) in [5, 5.41) is 11.6. The summed E-state index contributed by atoms with van der Waals surface area (Å²) in [6, 6.07) is 4.44. The molecule has 4 nitrogen and oxygen atoms in total. The molecule has 2 atom stereocenters. The third-order valence-corrected chi connectivity index (χ3v) is 5.61. The number of hydrogen-bond donors (Lipinski definition) is 2. The van der Waals surface area contributed by atoms with Gasteiger partial charge in [0.2, 0.25) is 0 Å². The standard InChI is InChI=1S/C12H16F3NO3S2/c1-8(10(7-17)20-2)16-9-5-3-4-6-11(9)21(18,19)12(13,14)15/h3-6,8,10,16-17H,7H2,1-2H3. The van der Waals surface area contributed by atoms with Gasteiger partial charge in [0.05, 0.1) is 17.2 Å². The molecule has 9 heteroatoms. The Morgan fingerprint density at radius 3 is 2.38 bits per heavy atom. The molecule has 0 aliphatic rings. The maximum Gasteiger partial charge on any atom is 0.501 e. The molecule has 0 spiro atoms. The molecule has 21 heavy (non-hydrogen) atoms. The second kappa shape index (κ2) is 6.89. The van der Waals surface area contributed by atoms with E-state index in [9.17, 15) is 26.7 Å². The normalized spacial score (nSPS) is 15.5. The van der Waals surface area contributed by atoms with Gasteiger partial charge in [0.1, 0.15) is 0 Å². The fourth-order valence-corrected chi connectivity index (χ4v) is 3.27.